The lowest BCUT2D eigenvalue weighted by atomic mass is 10.1. The third kappa shape index (κ3) is 2.71. The summed E-state index contributed by atoms with van der Waals surface area (Å²) < 4.78 is 1.97. The van der Waals surface area contributed by atoms with Crippen molar-refractivity contribution in [2.24, 2.45) is 7.05 Å². The Bertz CT molecular complexity index is 1070. The molecule has 4 aromatic rings. The van der Waals surface area contributed by atoms with Crippen LogP contribution in [0.3, 0.4) is 0 Å². The molecule has 6 heteroatoms. The molecule has 4 heterocycles. The van der Waals surface area contributed by atoms with Gasteiger partial charge in [0.25, 0.3) is 0 Å². The maximum absolute atomic E-state index is 4.80. The molecule has 3 aromatic heterocycles. The zero-order valence-corrected chi connectivity index (χ0v) is 15.4. The van der Waals surface area contributed by atoms with Crippen molar-refractivity contribution in [1.29, 1.82) is 0 Å². The molecule has 0 N–H and O–H groups in total. The highest BCUT2D eigenvalue weighted by molar-refractivity contribution is 7.13. The largest absolute Gasteiger partial charge is 0.293 e. The molecule has 0 saturated carbocycles. The van der Waals surface area contributed by atoms with Gasteiger partial charge in [0.2, 0.25) is 0 Å². The Morgan fingerprint density at radius 3 is 2.96 bits per heavy atom. The lowest BCUT2D eigenvalue weighted by Crippen LogP contribution is -2.31. The lowest BCUT2D eigenvalue weighted by molar-refractivity contribution is 0.240. The summed E-state index contributed by atoms with van der Waals surface area (Å²) in [6.07, 6.45) is 2.96. The van der Waals surface area contributed by atoms with Gasteiger partial charge in [-0.1, -0.05) is 24.3 Å². The first-order valence-electron chi connectivity index (χ1n) is 8.79. The fourth-order valence-corrected chi connectivity index (χ4v) is 4.32. The zero-order chi connectivity index (χ0) is 17.5. The predicted octanol–water partition coefficient (Wildman–Crippen LogP) is 3.65. The Morgan fingerprint density at radius 2 is 2.08 bits per heavy atom. The van der Waals surface area contributed by atoms with E-state index in [-0.39, 0.29) is 0 Å². The number of hydrogen-bond acceptors (Lipinski definition) is 5. The van der Waals surface area contributed by atoms with Crippen LogP contribution in [0.2, 0.25) is 0 Å². The molecule has 5 rings (SSSR count). The van der Waals surface area contributed by atoms with Crippen LogP contribution in [0.5, 0.6) is 0 Å². The molecule has 1 aliphatic heterocycles. The Morgan fingerprint density at radius 1 is 1.15 bits per heavy atom. The van der Waals surface area contributed by atoms with E-state index >= 15 is 0 Å². The van der Waals surface area contributed by atoms with Crippen molar-refractivity contribution in [2.45, 2.75) is 19.5 Å². The van der Waals surface area contributed by atoms with Gasteiger partial charge >= 0.3 is 0 Å². The Labute approximate surface area is 155 Å². The van der Waals surface area contributed by atoms with E-state index in [2.05, 4.69) is 45.6 Å². The average Bonchev–Trinajstić information content (AvgIpc) is 3.31. The monoisotopic (exact) mass is 361 g/mol. The van der Waals surface area contributed by atoms with Crippen LogP contribution in [0.4, 0.5) is 0 Å². The minimum Gasteiger partial charge on any atom is -0.293 e. The van der Waals surface area contributed by atoms with Crippen LogP contribution in [0.25, 0.3) is 21.6 Å². The van der Waals surface area contributed by atoms with E-state index in [1.165, 1.54) is 22.2 Å². The number of benzene rings is 1. The number of para-hydroxylation sites is 1. The molecule has 0 fully saturated rings. The Hall–Kier alpha value is -2.57. The molecule has 0 aliphatic carbocycles. The second kappa shape index (κ2) is 6.30. The first-order chi connectivity index (χ1) is 12.8. The smallest absolute Gasteiger partial charge is 0.169 e. The first-order valence-corrected chi connectivity index (χ1v) is 9.67. The van der Waals surface area contributed by atoms with Crippen LogP contribution in [-0.2, 0) is 26.6 Å². The van der Waals surface area contributed by atoms with Crippen molar-refractivity contribution in [1.82, 2.24) is 24.6 Å². The molecule has 0 amide bonds. The molecule has 0 atom stereocenters. The van der Waals surface area contributed by atoms with Gasteiger partial charge in [0.15, 0.2) is 5.82 Å². The third-order valence-corrected chi connectivity index (χ3v) is 5.83. The number of hydrogen-bond donors (Lipinski definition) is 0. The van der Waals surface area contributed by atoms with Crippen molar-refractivity contribution in [2.75, 3.05) is 6.54 Å². The molecule has 0 spiro atoms. The highest BCUT2D eigenvalue weighted by Crippen LogP contribution is 2.26. The molecule has 5 nitrogen and oxygen atoms in total. The second-order valence-corrected chi connectivity index (χ2v) is 7.64. The van der Waals surface area contributed by atoms with Crippen LogP contribution in [0, 0.1) is 0 Å². The summed E-state index contributed by atoms with van der Waals surface area (Å²) in [6, 6.07) is 12.5. The molecule has 26 heavy (non-hydrogen) atoms. The maximum Gasteiger partial charge on any atom is 0.169 e. The molecule has 0 unspecified atom stereocenters. The highest BCUT2D eigenvalue weighted by Gasteiger charge is 2.21. The zero-order valence-electron chi connectivity index (χ0n) is 14.6. The topological polar surface area (TPSA) is 46.8 Å². The van der Waals surface area contributed by atoms with E-state index in [9.17, 15) is 0 Å². The van der Waals surface area contributed by atoms with Gasteiger partial charge in [-0.3, -0.25) is 9.58 Å². The summed E-state index contributed by atoms with van der Waals surface area (Å²) >= 11 is 1.69. The summed E-state index contributed by atoms with van der Waals surface area (Å²) in [4.78, 5) is 13.0. The summed E-state index contributed by atoms with van der Waals surface area (Å²) in [6.45, 7) is 2.73. The van der Waals surface area contributed by atoms with Crippen LogP contribution in [0.15, 0.2) is 48.0 Å². The van der Waals surface area contributed by atoms with Crippen LogP contribution in [-0.4, -0.2) is 31.2 Å². The summed E-state index contributed by atoms with van der Waals surface area (Å²) in [5.74, 6) is 0.850. The summed E-state index contributed by atoms with van der Waals surface area (Å²) in [5, 5.41) is 8.04. The molecule has 0 radical (unpaired) electrons. The predicted molar refractivity (Wildman–Crippen MR) is 104 cm³/mol. The number of aryl methyl sites for hydroxylation is 1. The molecular formula is C20H19N5S. The highest BCUT2D eigenvalue weighted by atomic mass is 32.1. The fourth-order valence-electron chi connectivity index (χ4n) is 3.65. The maximum atomic E-state index is 4.80. The van der Waals surface area contributed by atoms with Crippen molar-refractivity contribution >= 4 is 22.2 Å². The number of nitrogens with zero attached hydrogens (tertiary/aromatic N) is 5. The van der Waals surface area contributed by atoms with E-state index in [0.29, 0.717) is 0 Å². The van der Waals surface area contributed by atoms with Crippen LogP contribution >= 0.6 is 11.3 Å². The molecule has 0 saturated heterocycles. The van der Waals surface area contributed by atoms with Crippen molar-refractivity contribution in [3.8, 4) is 10.7 Å². The van der Waals surface area contributed by atoms with Gasteiger partial charge in [0, 0.05) is 50.2 Å². The minimum atomic E-state index is 0.850. The van der Waals surface area contributed by atoms with E-state index in [1.54, 1.807) is 11.3 Å². The van der Waals surface area contributed by atoms with Gasteiger partial charge in [-0.25, -0.2) is 9.97 Å². The standard InChI is InChI=1S/C20H19N5S/c1-24-18-6-3-2-5-15(18)17(23-24)13-25-9-8-16-14(12-25)11-21-20(22-16)19-7-4-10-26-19/h2-7,10-11H,8-9,12-13H2,1H3. The third-order valence-electron chi connectivity index (χ3n) is 4.96. The van der Waals surface area contributed by atoms with Gasteiger partial charge in [0.05, 0.1) is 21.8 Å². The second-order valence-electron chi connectivity index (χ2n) is 6.69. The lowest BCUT2D eigenvalue weighted by Gasteiger charge is -2.27. The first kappa shape index (κ1) is 15.7. The van der Waals surface area contributed by atoms with Crippen LogP contribution < -0.4 is 0 Å². The van der Waals surface area contributed by atoms with Gasteiger partial charge in [0.1, 0.15) is 0 Å². The SMILES string of the molecule is Cn1nc(CN2CCc3nc(-c4cccs4)ncc3C2)c2ccccc21. The van der Waals surface area contributed by atoms with Gasteiger partial charge < -0.3 is 0 Å². The molecular weight excluding hydrogens is 342 g/mol. The van der Waals surface area contributed by atoms with Gasteiger partial charge in [-0.2, -0.15) is 5.10 Å². The van der Waals surface area contributed by atoms with E-state index in [0.717, 1.165) is 42.5 Å². The Balaban J connectivity index is 1.39. The fraction of sp³-hybridized carbons (Fsp3) is 0.250. The number of aromatic nitrogens is 4. The summed E-state index contributed by atoms with van der Waals surface area (Å²) in [7, 11) is 2.01. The Kier molecular flexibility index (Phi) is 3.80. The summed E-state index contributed by atoms with van der Waals surface area (Å²) in [5.41, 5.74) is 4.74. The van der Waals surface area contributed by atoms with Crippen molar-refractivity contribution < 1.29 is 0 Å². The normalized spacial score (nSPS) is 14.7. The number of fused-ring (bicyclic) bond motifs is 2. The molecule has 130 valence electrons. The van der Waals surface area contributed by atoms with E-state index in [4.69, 9.17) is 10.1 Å². The van der Waals surface area contributed by atoms with Gasteiger partial charge in [-0.15, -0.1) is 11.3 Å². The van der Waals surface area contributed by atoms with Crippen LogP contribution in [0.1, 0.15) is 17.0 Å². The quantitative estimate of drug-likeness (QED) is 0.559. The minimum absolute atomic E-state index is 0.850. The molecule has 0 bridgehead atoms. The van der Waals surface area contributed by atoms with E-state index in [1.807, 2.05) is 24.0 Å². The van der Waals surface area contributed by atoms with Crippen molar-refractivity contribution in [3.05, 3.63) is 64.9 Å². The molecule has 1 aliphatic rings. The van der Waals surface area contributed by atoms with E-state index < -0.39 is 0 Å². The number of rotatable bonds is 3. The number of thiophene rings is 1. The average molecular weight is 361 g/mol. The molecule has 1 aromatic carbocycles. The van der Waals surface area contributed by atoms with Crippen molar-refractivity contribution in [3.63, 3.8) is 0 Å². The van der Waals surface area contributed by atoms with Gasteiger partial charge in [-0.05, 0) is 17.5 Å².